The van der Waals surface area contributed by atoms with Crippen molar-refractivity contribution in [2.45, 2.75) is 22.6 Å². The lowest BCUT2D eigenvalue weighted by atomic mass is 10.1. The van der Waals surface area contributed by atoms with Gasteiger partial charge in [0.05, 0.1) is 11.9 Å². The van der Waals surface area contributed by atoms with Gasteiger partial charge in [0.2, 0.25) is 15.9 Å². The van der Waals surface area contributed by atoms with E-state index in [-0.39, 0.29) is 18.9 Å². The molecule has 0 bridgehead atoms. The van der Waals surface area contributed by atoms with Gasteiger partial charge in [0.15, 0.2) is 0 Å². The van der Waals surface area contributed by atoms with Crippen LogP contribution in [0.3, 0.4) is 0 Å². The number of amides is 1. The van der Waals surface area contributed by atoms with E-state index < -0.39 is 10.0 Å². The van der Waals surface area contributed by atoms with Crippen molar-refractivity contribution in [3.05, 3.63) is 97.1 Å². The average molecular weight is 531 g/mol. The Balaban J connectivity index is 1.26. The number of para-hydroxylation sites is 2. The van der Waals surface area contributed by atoms with Crippen molar-refractivity contribution in [2.24, 2.45) is 0 Å². The van der Waals surface area contributed by atoms with E-state index in [1.165, 1.54) is 22.3 Å². The van der Waals surface area contributed by atoms with Crippen molar-refractivity contribution in [3.63, 3.8) is 0 Å². The van der Waals surface area contributed by atoms with Crippen LogP contribution in [0.2, 0.25) is 0 Å². The molecule has 1 heterocycles. The van der Waals surface area contributed by atoms with Gasteiger partial charge in [-0.25, -0.2) is 8.42 Å². The van der Waals surface area contributed by atoms with Crippen molar-refractivity contribution in [1.82, 2.24) is 0 Å². The molecule has 0 spiro atoms. The smallest absolute Gasteiger partial charge is 0.232 e. The predicted octanol–water partition coefficient (Wildman–Crippen LogP) is 6.92. The Morgan fingerprint density at radius 1 is 0.865 bits per heavy atom. The number of anilines is 2. The summed E-state index contributed by atoms with van der Waals surface area (Å²) in [5.74, 6) is -0.184. The summed E-state index contributed by atoms with van der Waals surface area (Å²) in [5, 5.41) is 4.92. The molecule has 1 N–H and O–H groups in total. The molecule has 1 aromatic heterocycles. The number of rotatable bonds is 9. The molecule has 0 aliphatic heterocycles. The molecular formula is C29H26N2O4S2. The van der Waals surface area contributed by atoms with E-state index in [4.69, 9.17) is 4.42 Å². The zero-order valence-corrected chi connectivity index (χ0v) is 21.9. The van der Waals surface area contributed by atoms with Crippen LogP contribution < -0.4 is 9.62 Å². The Labute approximate surface area is 220 Å². The fourth-order valence-electron chi connectivity index (χ4n) is 4.24. The second-order valence-corrected chi connectivity index (χ2v) is 11.7. The van der Waals surface area contributed by atoms with E-state index in [1.807, 2.05) is 91.0 Å². The Morgan fingerprint density at radius 2 is 1.57 bits per heavy atom. The number of fused-ring (bicyclic) bond motifs is 3. The Bertz CT molecular complexity index is 1660. The molecule has 188 valence electrons. The summed E-state index contributed by atoms with van der Waals surface area (Å²) in [6.45, 7) is 0.196. The average Bonchev–Trinajstić information content (AvgIpc) is 3.25. The molecule has 0 atom stereocenters. The van der Waals surface area contributed by atoms with E-state index in [1.54, 1.807) is 6.07 Å². The van der Waals surface area contributed by atoms with Crippen LogP contribution in [-0.4, -0.2) is 27.1 Å². The number of hydrogen-bond donors (Lipinski definition) is 1. The molecule has 37 heavy (non-hydrogen) atoms. The lowest BCUT2D eigenvalue weighted by molar-refractivity contribution is -0.116. The maximum absolute atomic E-state index is 12.7. The summed E-state index contributed by atoms with van der Waals surface area (Å²) in [7, 11) is -3.55. The van der Waals surface area contributed by atoms with Gasteiger partial charge in [-0.05, 0) is 48.9 Å². The fraction of sp³-hybridized carbons (Fsp3) is 0.138. The van der Waals surface area contributed by atoms with Crippen LogP contribution in [0.25, 0.3) is 21.9 Å². The van der Waals surface area contributed by atoms with Crippen molar-refractivity contribution in [3.8, 4) is 0 Å². The highest BCUT2D eigenvalue weighted by Crippen LogP contribution is 2.36. The summed E-state index contributed by atoms with van der Waals surface area (Å²) in [4.78, 5) is 14.5. The molecule has 0 radical (unpaired) electrons. The summed E-state index contributed by atoms with van der Waals surface area (Å²) in [5.41, 5.74) is 2.75. The summed E-state index contributed by atoms with van der Waals surface area (Å²) in [6, 6.07) is 30.6. The van der Waals surface area contributed by atoms with Crippen LogP contribution in [0.4, 0.5) is 11.4 Å². The third kappa shape index (κ3) is 5.81. The monoisotopic (exact) mass is 530 g/mol. The Hall–Kier alpha value is -3.75. The van der Waals surface area contributed by atoms with Crippen molar-refractivity contribution >= 4 is 61.0 Å². The number of furan rings is 1. The molecule has 0 aliphatic rings. The molecule has 8 heteroatoms. The molecule has 6 nitrogen and oxygen atoms in total. The lowest BCUT2D eigenvalue weighted by Gasteiger charge is -2.24. The standard InChI is InChI=1S/C29H26N2O4S2/c1-37(33,34)31(25-13-6-8-15-28(25)36-22-10-3-2-4-11-22)19-9-16-29(32)30-21-17-18-24-23-12-5-7-14-26(23)35-27(24)20-21/h2-8,10-15,17-18,20H,9,16,19H2,1H3,(H,30,32). The summed E-state index contributed by atoms with van der Waals surface area (Å²) >= 11 is 1.51. The van der Waals surface area contributed by atoms with Gasteiger partial charge in [-0.3, -0.25) is 9.10 Å². The maximum Gasteiger partial charge on any atom is 0.232 e. The normalized spacial score (nSPS) is 11.6. The van der Waals surface area contributed by atoms with E-state index in [9.17, 15) is 13.2 Å². The molecule has 0 saturated heterocycles. The number of sulfonamides is 1. The highest BCUT2D eigenvalue weighted by atomic mass is 32.2. The number of nitrogens with zero attached hydrogens (tertiary/aromatic N) is 1. The zero-order valence-electron chi connectivity index (χ0n) is 20.3. The zero-order chi connectivity index (χ0) is 25.8. The van der Waals surface area contributed by atoms with Gasteiger partial charge in [0, 0.05) is 45.3 Å². The van der Waals surface area contributed by atoms with Gasteiger partial charge in [-0.1, -0.05) is 60.3 Å². The van der Waals surface area contributed by atoms with E-state index in [0.717, 1.165) is 26.1 Å². The van der Waals surface area contributed by atoms with Crippen molar-refractivity contribution < 1.29 is 17.6 Å². The van der Waals surface area contributed by atoms with Crippen molar-refractivity contribution in [2.75, 3.05) is 22.4 Å². The van der Waals surface area contributed by atoms with Gasteiger partial charge in [-0.2, -0.15) is 0 Å². The molecule has 0 saturated carbocycles. The third-order valence-electron chi connectivity index (χ3n) is 5.93. The van der Waals surface area contributed by atoms with Crippen LogP contribution in [0.1, 0.15) is 12.8 Å². The number of benzene rings is 4. The third-order valence-corrected chi connectivity index (χ3v) is 8.19. The summed E-state index contributed by atoms with van der Waals surface area (Å²) < 4.78 is 32.7. The molecule has 1 amide bonds. The fourth-order valence-corrected chi connectivity index (χ4v) is 6.25. The van der Waals surface area contributed by atoms with Crippen LogP contribution in [0, 0.1) is 0 Å². The van der Waals surface area contributed by atoms with Gasteiger partial charge in [-0.15, -0.1) is 0 Å². The maximum atomic E-state index is 12.7. The van der Waals surface area contributed by atoms with Gasteiger partial charge >= 0.3 is 0 Å². The van der Waals surface area contributed by atoms with Crippen molar-refractivity contribution in [1.29, 1.82) is 0 Å². The van der Waals surface area contributed by atoms with Gasteiger partial charge in [0.1, 0.15) is 11.2 Å². The predicted molar refractivity (Wildman–Crippen MR) is 151 cm³/mol. The second kappa shape index (κ2) is 10.7. The topological polar surface area (TPSA) is 79.6 Å². The first-order chi connectivity index (χ1) is 17.9. The molecule has 5 aromatic rings. The second-order valence-electron chi connectivity index (χ2n) is 8.68. The Morgan fingerprint density at radius 3 is 2.38 bits per heavy atom. The molecule has 0 aliphatic carbocycles. The first-order valence-corrected chi connectivity index (χ1v) is 14.6. The first-order valence-electron chi connectivity index (χ1n) is 11.9. The molecule has 0 unspecified atom stereocenters. The molecule has 0 fully saturated rings. The quantitative estimate of drug-likeness (QED) is 0.224. The highest BCUT2D eigenvalue weighted by Gasteiger charge is 2.21. The van der Waals surface area contributed by atoms with E-state index >= 15 is 0 Å². The summed E-state index contributed by atoms with van der Waals surface area (Å²) in [6.07, 6.45) is 1.74. The number of hydrogen-bond acceptors (Lipinski definition) is 5. The van der Waals surface area contributed by atoms with Crippen LogP contribution in [0.15, 0.2) is 111 Å². The lowest BCUT2D eigenvalue weighted by Crippen LogP contribution is -2.31. The minimum absolute atomic E-state index is 0.179. The molecule has 4 aromatic carbocycles. The van der Waals surface area contributed by atoms with Gasteiger partial charge in [0.25, 0.3) is 0 Å². The minimum Gasteiger partial charge on any atom is -0.456 e. The minimum atomic E-state index is -3.55. The number of nitrogens with one attached hydrogen (secondary N) is 1. The van der Waals surface area contributed by atoms with E-state index in [0.29, 0.717) is 23.4 Å². The molecular weight excluding hydrogens is 504 g/mol. The van der Waals surface area contributed by atoms with Crippen LogP contribution in [-0.2, 0) is 14.8 Å². The van der Waals surface area contributed by atoms with E-state index in [2.05, 4.69) is 5.32 Å². The largest absolute Gasteiger partial charge is 0.456 e. The van der Waals surface area contributed by atoms with Crippen LogP contribution in [0.5, 0.6) is 0 Å². The van der Waals surface area contributed by atoms with Gasteiger partial charge < -0.3 is 9.73 Å². The molecule has 5 rings (SSSR count). The highest BCUT2D eigenvalue weighted by molar-refractivity contribution is 7.99. The Kier molecular flexibility index (Phi) is 7.21. The number of carbonyl (C=O) groups is 1. The first kappa shape index (κ1) is 24.9. The van der Waals surface area contributed by atoms with Crippen LogP contribution >= 0.6 is 11.8 Å². The number of carbonyl (C=O) groups excluding carboxylic acids is 1. The SMILES string of the molecule is CS(=O)(=O)N(CCCC(=O)Nc1ccc2c(c1)oc1ccccc12)c1ccccc1Sc1ccccc1.